The lowest BCUT2D eigenvalue weighted by atomic mass is 9.93. The highest BCUT2D eigenvalue weighted by atomic mass is 16.5. The van der Waals surface area contributed by atoms with Gasteiger partial charge in [0.2, 0.25) is 11.9 Å². The number of anilines is 2. The highest BCUT2D eigenvalue weighted by molar-refractivity contribution is 5.79. The Labute approximate surface area is 188 Å². The van der Waals surface area contributed by atoms with Gasteiger partial charge in [-0.15, -0.1) is 0 Å². The molecule has 1 atom stereocenters. The van der Waals surface area contributed by atoms with Gasteiger partial charge in [0.05, 0.1) is 12.1 Å². The molecule has 1 aliphatic rings. The zero-order chi connectivity index (χ0) is 22.8. The predicted molar refractivity (Wildman–Crippen MR) is 122 cm³/mol. The molecule has 0 radical (unpaired) electrons. The Morgan fingerprint density at radius 2 is 1.78 bits per heavy atom. The van der Waals surface area contributed by atoms with Crippen molar-refractivity contribution in [3.05, 3.63) is 58.0 Å². The Hall–Kier alpha value is -3.29. The van der Waals surface area contributed by atoms with Crippen molar-refractivity contribution in [2.24, 2.45) is 0 Å². The summed E-state index contributed by atoms with van der Waals surface area (Å²) >= 11 is 0. The SMILES string of the molecule is Cc1cc(Nc2nc(C)cc(C)n2)cc(C2CCCN(C(=O)Cc3c(C)noc3C)C2)n1. The summed E-state index contributed by atoms with van der Waals surface area (Å²) in [5.74, 6) is 1.60. The number of amides is 1. The number of hydrogen-bond donors (Lipinski definition) is 1. The zero-order valence-corrected chi connectivity index (χ0v) is 19.4. The van der Waals surface area contributed by atoms with Crippen molar-refractivity contribution < 1.29 is 9.32 Å². The number of likely N-dealkylation sites (tertiary alicyclic amines) is 1. The third kappa shape index (κ3) is 4.95. The number of rotatable bonds is 5. The third-order valence-electron chi connectivity index (χ3n) is 5.91. The maximum Gasteiger partial charge on any atom is 0.227 e. The molecule has 1 fully saturated rings. The van der Waals surface area contributed by atoms with Crippen LogP contribution in [0.15, 0.2) is 22.7 Å². The van der Waals surface area contributed by atoms with Crippen LogP contribution in [0.5, 0.6) is 0 Å². The zero-order valence-electron chi connectivity index (χ0n) is 19.4. The van der Waals surface area contributed by atoms with E-state index in [0.717, 1.165) is 59.1 Å². The van der Waals surface area contributed by atoms with Gasteiger partial charge in [-0.1, -0.05) is 5.16 Å². The van der Waals surface area contributed by atoms with Crippen molar-refractivity contribution in [3.63, 3.8) is 0 Å². The molecule has 0 aliphatic carbocycles. The van der Waals surface area contributed by atoms with E-state index in [4.69, 9.17) is 9.51 Å². The normalized spacial score (nSPS) is 16.3. The molecular formula is C24H30N6O2. The van der Waals surface area contributed by atoms with Gasteiger partial charge in [0.1, 0.15) is 5.76 Å². The van der Waals surface area contributed by atoms with E-state index in [0.29, 0.717) is 24.7 Å². The Morgan fingerprint density at radius 1 is 1.06 bits per heavy atom. The fourth-order valence-corrected chi connectivity index (χ4v) is 4.35. The summed E-state index contributed by atoms with van der Waals surface area (Å²) in [6, 6.07) is 6.00. The summed E-state index contributed by atoms with van der Waals surface area (Å²) in [5, 5.41) is 7.29. The smallest absolute Gasteiger partial charge is 0.227 e. The first-order chi connectivity index (χ1) is 15.3. The van der Waals surface area contributed by atoms with Crippen LogP contribution in [-0.2, 0) is 11.2 Å². The second-order valence-corrected chi connectivity index (χ2v) is 8.68. The standard InChI is InChI=1S/C24H30N6O2/c1-14-9-15(2)27-24(26-14)28-20-10-16(3)25-22(11-20)19-7-6-8-30(13-19)23(31)12-21-17(4)29-32-18(21)5/h9-11,19H,6-8,12-13H2,1-5H3,(H,25,26,27,28). The molecule has 4 rings (SSSR count). The minimum Gasteiger partial charge on any atom is -0.361 e. The van der Waals surface area contributed by atoms with E-state index in [-0.39, 0.29) is 11.8 Å². The molecule has 168 valence electrons. The number of nitrogens with zero attached hydrogens (tertiary/aromatic N) is 5. The van der Waals surface area contributed by atoms with E-state index < -0.39 is 0 Å². The minimum atomic E-state index is 0.110. The summed E-state index contributed by atoms with van der Waals surface area (Å²) < 4.78 is 5.22. The number of pyridine rings is 1. The molecule has 0 aromatic carbocycles. The molecule has 1 N–H and O–H groups in total. The second kappa shape index (κ2) is 9.06. The quantitative estimate of drug-likeness (QED) is 0.646. The average molecular weight is 435 g/mol. The first-order valence-corrected chi connectivity index (χ1v) is 11.1. The Kier molecular flexibility index (Phi) is 6.21. The van der Waals surface area contributed by atoms with E-state index >= 15 is 0 Å². The van der Waals surface area contributed by atoms with Crippen LogP contribution >= 0.6 is 0 Å². The van der Waals surface area contributed by atoms with Crippen LogP contribution in [0.2, 0.25) is 0 Å². The molecule has 0 bridgehead atoms. The summed E-state index contributed by atoms with van der Waals surface area (Å²) in [6.07, 6.45) is 2.29. The van der Waals surface area contributed by atoms with Crippen LogP contribution in [0, 0.1) is 34.6 Å². The topological polar surface area (TPSA) is 97.0 Å². The predicted octanol–water partition coefficient (Wildman–Crippen LogP) is 4.09. The molecule has 8 nitrogen and oxygen atoms in total. The van der Waals surface area contributed by atoms with Crippen molar-refractivity contribution in [1.82, 2.24) is 25.0 Å². The number of hydrogen-bond acceptors (Lipinski definition) is 7. The van der Waals surface area contributed by atoms with Crippen LogP contribution in [0.25, 0.3) is 0 Å². The first kappa shape index (κ1) is 21.9. The van der Waals surface area contributed by atoms with Gasteiger partial charge >= 0.3 is 0 Å². The molecule has 8 heteroatoms. The van der Waals surface area contributed by atoms with E-state index in [1.54, 1.807) is 0 Å². The highest BCUT2D eigenvalue weighted by Gasteiger charge is 2.27. The van der Waals surface area contributed by atoms with Crippen LogP contribution in [0.4, 0.5) is 11.6 Å². The molecule has 0 spiro atoms. The van der Waals surface area contributed by atoms with Crippen molar-refractivity contribution in [2.45, 2.75) is 59.8 Å². The lowest BCUT2D eigenvalue weighted by Crippen LogP contribution is -2.40. The number of piperidine rings is 1. The fraction of sp³-hybridized carbons (Fsp3) is 0.458. The molecule has 4 heterocycles. The van der Waals surface area contributed by atoms with Gasteiger partial charge < -0.3 is 14.7 Å². The molecular weight excluding hydrogens is 404 g/mol. The van der Waals surface area contributed by atoms with E-state index in [1.807, 2.05) is 51.7 Å². The second-order valence-electron chi connectivity index (χ2n) is 8.68. The molecule has 3 aromatic heterocycles. The highest BCUT2D eigenvalue weighted by Crippen LogP contribution is 2.29. The molecule has 1 amide bonds. The fourth-order valence-electron chi connectivity index (χ4n) is 4.35. The number of nitrogens with one attached hydrogen (secondary N) is 1. The minimum absolute atomic E-state index is 0.110. The number of aryl methyl sites for hydroxylation is 5. The van der Waals surface area contributed by atoms with Crippen LogP contribution in [0.3, 0.4) is 0 Å². The van der Waals surface area contributed by atoms with Crippen LogP contribution in [0.1, 0.15) is 58.6 Å². The van der Waals surface area contributed by atoms with E-state index in [9.17, 15) is 4.79 Å². The van der Waals surface area contributed by atoms with E-state index in [1.165, 1.54) is 0 Å². The Bertz CT molecular complexity index is 1100. The molecule has 1 saturated heterocycles. The first-order valence-electron chi connectivity index (χ1n) is 11.1. The van der Waals surface area contributed by atoms with Crippen LogP contribution < -0.4 is 5.32 Å². The number of carbonyl (C=O) groups excluding carboxylic acids is 1. The molecule has 1 unspecified atom stereocenters. The van der Waals surface area contributed by atoms with Gasteiger partial charge in [-0.25, -0.2) is 9.97 Å². The van der Waals surface area contributed by atoms with Gasteiger partial charge in [-0.3, -0.25) is 9.78 Å². The maximum atomic E-state index is 13.0. The molecule has 32 heavy (non-hydrogen) atoms. The van der Waals surface area contributed by atoms with Crippen LogP contribution in [-0.4, -0.2) is 44.0 Å². The monoisotopic (exact) mass is 434 g/mol. The van der Waals surface area contributed by atoms with Gasteiger partial charge in [0, 0.05) is 53.0 Å². The largest absolute Gasteiger partial charge is 0.361 e. The summed E-state index contributed by atoms with van der Waals surface area (Å²) in [6.45, 7) is 11.1. The number of carbonyl (C=O) groups is 1. The lowest BCUT2D eigenvalue weighted by molar-refractivity contribution is -0.131. The summed E-state index contributed by atoms with van der Waals surface area (Å²) in [5.41, 5.74) is 6.35. The van der Waals surface area contributed by atoms with Gasteiger partial charge in [-0.2, -0.15) is 0 Å². The summed E-state index contributed by atoms with van der Waals surface area (Å²) in [7, 11) is 0. The lowest BCUT2D eigenvalue weighted by Gasteiger charge is -2.33. The Morgan fingerprint density at radius 3 is 2.47 bits per heavy atom. The molecule has 0 saturated carbocycles. The molecule has 1 aliphatic heterocycles. The van der Waals surface area contributed by atoms with Crippen molar-refractivity contribution >= 4 is 17.5 Å². The van der Waals surface area contributed by atoms with E-state index in [2.05, 4.69) is 26.5 Å². The van der Waals surface area contributed by atoms with Gasteiger partial charge in [-0.05, 0) is 65.7 Å². The van der Waals surface area contributed by atoms with Crippen molar-refractivity contribution in [3.8, 4) is 0 Å². The van der Waals surface area contributed by atoms with Gasteiger partial charge in [0.15, 0.2) is 0 Å². The molecule has 3 aromatic rings. The number of aromatic nitrogens is 4. The van der Waals surface area contributed by atoms with Crippen molar-refractivity contribution in [2.75, 3.05) is 18.4 Å². The van der Waals surface area contributed by atoms with Gasteiger partial charge in [0.25, 0.3) is 0 Å². The Balaban J connectivity index is 1.50. The summed E-state index contributed by atoms with van der Waals surface area (Å²) in [4.78, 5) is 28.7. The third-order valence-corrected chi connectivity index (χ3v) is 5.91. The maximum absolute atomic E-state index is 13.0. The van der Waals surface area contributed by atoms with Crippen molar-refractivity contribution in [1.29, 1.82) is 0 Å². The average Bonchev–Trinajstić information content (AvgIpc) is 3.04.